The van der Waals surface area contributed by atoms with Crippen LogP contribution in [0.1, 0.15) is 39.5 Å². The van der Waals surface area contributed by atoms with Crippen LogP contribution in [0.15, 0.2) is 11.1 Å². The fourth-order valence-electron chi connectivity index (χ4n) is 2.43. The molecule has 2 rings (SSSR count). The van der Waals surface area contributed by atoms with Crippen molar-refractivity contribution < 1.29 is 19.1 Å². The summed E-state index contributed by atoms with van der Waals surface area (Å²) in [5.41, 5.74) is 1.11. The maximum Gasteiger partial charge on any atom is 0.309 e. The molecule has 0 aromatic carbocycles. The van der Waals surface area contributed by atoms with Gasteiger partial charge in [0, 0.05) is 12.3 Å². The summed E-state index contributed by atoms with van der Waals surface area (Å²) in [6, 6.07) is 0. The van der Waals surface area contributed by atoms with Crippen LogP contribution in [0, 0.1) is 11.8 Å². The van der Waals surface area contributed by atoms with Crippen LogP contribution in [0.25, 0.3) is 0 Å². The van der Waals surface area contributed by atoms with Crippen molar-refractivity contribution in [2.75, 3.05) is 6.61 Å². The Kier molecular flexibility index (Phi) is 3.64. The molecular formula is C14H18O4. The number of ether oxygens (including phenoxy) is 1. The molecule has 98 valence electrons. The first-order valence-corrected chi connectivity index (χ1v) is 6.48. The third kappa shape index (κ3) is 2.52. The lowest BCUT2D eigenvalue weighted by molar-refractivity contribution is -0.149. The first kappa shape index (κ1) is 13.0. The Morgan fingerprint density at radius 3 is 2.39 bits per heavy atom. The van der Waals surface area contributed by atoms with Gasteiger partial charge in [-0.15, -0.1) is 0 Å². The maximum atomic E-state index is 12.0. The highest BCUT2D eigenvalue weighted by Crippen LogP contribution is 2.37. The molecule has 1 atom stereocenters. The molecule has 2 aliphatic rings. The van der Waals surface area contributed by atoms with Crippen molar-refractivity contribution in [1.29, 1.82) is 0 Å². The molecular weight excluding hydrogens is 232 g/mol. The van der Waals surface area contributed by atoms with Gasteiger partial charge in [-0.3, -0.25) is 14.4 Å². The van der Waals surface area contributed by atoms with Crippen LogP contribution in [0.2, 0.25) is 0 Å². The molecule has 1 fully saturated rings. The van der Waals surface area contributed by atoms with Crippen molar-refractivity contribution in [2.45, 2.75) is 39.5 Å². The summed E-state index contributed by atoms with van der Waals surface area (Å²) in [4.78, 5) is 35.6. The monoisotopic (exact) mass is 250 g/mol. The number of carbonyl (C=O) groups excluding carboxylic acids is 3. The predicted molar refractivity (Wildman–Crippen MR) is 64.8 cm³/mol. The van der Waals surface area contributed by atoms with Gasteiger partial charge in [0.15, 0.2) is 11.6 Å². The summed E-state index contributed by atoms with van der Waals surface area (Å²) in [5.74, 6) is -0.886. The number of allylic oxidation sites excluding steroid dienone is 2. The molecule has 4 heteroatoms. The first-order chi connectivity index (χ1) is 8.54. The van der Waals surface area contributed by atoms with E-state index in [0.29, 0.717) is 18.6 Å². The van der Waals surface area contributed by atoms with Gasteiger partial charge in [0.05, 0.1) is 18.1 Å². The third-order valence-corrected chi connectivity index (χ3v) is 3.50. The minimum atomic E-state index is -0.409. The van der Waals surface area contributed by atoms with Gasteiger partial charge in [0.2, 0.25) is 0 Å². The van der Waals surface area contributed by atoms with Gasteiger partial charge >= 0.3 is 5.97 Å². The van der Waals surface area contributed by atoms with Gasteiger partial charge < -0.3 is 4.74 Å². The van der Waals surface area contributed by atoms with Crippen molar-refractivity contribution in [3.05, 3.63) is 11.1 Å². The molecule has 0 bridgehead atoms. The molecule has 0 heterocycles. The Bertz CT molecular complexity index is 429. The summed E-state index contributed by atoms with van der Waals surface area (Å²) in [6.07, 6.45) is 2.37. The van der Waals surface area contributed by atoms with Gasteiger partial charge in [-0.05, 0) is 33.1 Å². The molecule has 1 saturated carbocycles. The number of carbonyl (C=O) groups is 3. The molecule has 0 saturated heterocycles. The number of Topliss-reactive ketones (excluding diaryl/α,β-unsaturated/α-hetero) is 2. The zero-order chi connectivity index (χ0) is 13.3. The molecule has 0 radical (unpaired) electrons. The molecule has 0 N–H and O–H groups in total. The van der Waals surface area contributed by atoms with Gasteiger partial charge in [-0.1, -0.05) is 5.57 Å². The molecule has 0 aliphatic heterocycles. The summed E-state index contributed by atoms with van der Waals surface area (Å²) in [6.45, 7) is 3.84. The van der Waals surface area contributed by atoms with Gasteiger partial charge in [-0.2, -0.15) is 0 Å². The van der Waals surface area contributed by atoms with Crippen LogP contribution in [0.3, 0.4) is 0 Å². The highest BCUT2D eigenvalue weighted by atomic mass is 16.5. The van der Waals surface area contributed by atoms with E-state index in [1.165, 1.54) is 0 Å². The lowest BCUT2D eigenvalue weighted by atomic mass is 9.81. The van der Waals surface area contributed by atoms with Crippen LogP contribution >= 0.6 is 0 Å². The number of rotatable bonds is 4. The second-order valence-corrected chi connectivity index (χ2v) is 5.07. The van der Waals surface area contributed by atoms with E-state index >= 15 is 0 Å². The van der Waals surface area contributed by atoms with E-state index in [2.05, 4.69) is 0 Å². The number of hydrogen-bond acceptors (Lipinski definition) is 4. The first-order valence-electron chi connectivity index (χ1n) is 6.48. The van der Waals surface area contributed by atoms with Crippen molar-refractivity contribution in [2.24, 2.45) is 11.8 Å². The fraction of sp³-hybridized carbons (Fsp3) is 0.643. The normalized spacial score (nSPS) is 24.1. The summed E-state index contributed by atoms with van der Waals surface area (Å²) >= 11 is 0. The fourth-order valence-corrected chi connectivity index (χ4v) is 2.43. The minimum Gasteiger partial charge on any atom is -0.466 e. The number of esters is 1. The summed E-state index contributed by atoms with van der Waals surface area (Å²) < 4.78 is 4.93. The number of ketones is 2. The van der Waals surface area contributed by atoms with Crippen molar-refractivity contribution in [3.8, 4) is 0 Å². The zero-order valence-corrected chi connectivity index (χ0v) is 10.8. The van der Waals surface area contributed by atoms with Crippen molar-refractivity contribution in [1.82, 2.24) is 0 Å². The standard InChI is InChI=1S/C14H18O4/c1-3-18-14(17)10-6-8(2)12(11(15)7-10)13(16)9-4-5-9/h9-10H,3-7H2,1-2H3. The average molecular weight is 250 g/mol. The Morgan fingerprint density at radius 1 is 1.22 bits per heavy atom. The van der Waals surface area contributed by atoms with E-state index in [4.69, 9.17) is 4.74 Å². The van der Waals surface area contributed by atoms with E-state index in [1.54, 1.807) is 13.8 Å². The smallest absolute Gasteiger partial charge is 0.309 e. The Balaban J connectivity index is 2.13. The molecule has 1 unspecified atom stereocenters. The quantitative estimate of drug-likeness (QED) is 0.564. The van der Waals surface area contributed by atoms with Crippen molar-refractivity contribution >= 4 is 17.5 Å². The van der Waals surface area contributed by atoms with Crippen LogP contribution in [-0.4, -0.2) is 24.1 Å². The van der Waals surface area contributed by atoms with E-state index in [-0.39, 0.29) is 29.9 Å². The van der Waals surface area contributed by atoms with E-state index < -0.39 is 5.92 Å². The Morgan fingerprint density at radius 2 is 1.89 bits per heavy atom. The minimum absolute atomic E-state index is 0.0141. The van der Waals surface area contributed by atoms with Crippen LogP contribution in [0.5, 0.6) is 0 Å². The predicted octanol–water partition coefficient (Wildman–Crippen LogP) is 1.82. The third-order valence-electron chi connectivity index (χ3n) is 3.50. The van der Waals surface area contributed by atoms with Crippen LogP contribution < -0.4 is 0 Å². The highest BCUT2D eigenvalue weighted by Gasteiger charge is 2.39. The van der Waals surface area contributed by atoms with Gasteiger partial charge in [0.1, 0.15) is 0 Å². The largest absolute Gasteiger partial charge is 0.466 e. The zero-order valence-electron chi connectivity index (χ0n) is 10.8. The molecule has 0 aromatic rings. The lowest BCUT2D eigenvalue weighted by Crippen LogP contribution is -2.29. The van der Waals surface area contributed by atoms with E-state index in [0.717, 1.165) is 18.4 Å². The average Bonchev–Trinajstić information content (AvgIpc) is 3.11. The van der Waals surface area contributed by atoms with E-state index in [9.17, 15) is 14.4 Å². The molecule has 18 heavy (non-hydrogen) atoms. The molecule has 2 aliphatic carbocycles. The summed E-state index contributed by atoms with van der Waals surface area (Å²) in [5, 5.41) is 0. The Hall–Kier alpha value is -1.45. The van der Waals surface area contributed by atoms with Crippen molar-refractivity contribution in [3.63, 3.8) is 0 Å². The van der Waals surface area contributed by atoms with E-state index in [1.807, 2.05) is 0 Å². The van der Waals surface area contributed by atoms with Gasteiger partial charge in [0.25, 0.3) is 0 Å². The Labute approximate surface area is 106 Å². The van der Waals surface area contributed by atoms with Gasteiger partial charge in [-0.25, -0.2) is 0 Å². The molecule has 0 spiro atoms. The highest BCUT2D eigenvalue weighted by molar-refractivity contribution is 6.22. The lowest BCUT2D eigenvalue weighted by Gasteiger charge is -2.22. The SMILES string of the molecule is CCOC(=O)C1CC(=O)C(C(=O)C2CC2)=C(C)C1. The second kappa shape index (κ2) is 5.04. The van der Waals surface area contributed by atoms with Crippen LogP contribution in [0.4, 0.5) is 0 Å². The maximum absolute atomic E-state index is 12.0. The number of hydrogen-bond donors (Lipinski definition) is 0. The molecule has 4 nitrogen and oxygen atoms in total. The molecule has 0 amide bonds. The second-order valence-electron chi connectivity index (χ2n) is 5.07. The summed E-state index contributed by atoms with van der Waals surface area (Å²) in [7, 11) is 0. The van der Waals surface area contributed by atoms with Crippen LogP contribution in [-0.2, 0) is 19.1 Å². The topological polar surface area (TPSA) is 60.4 Å². The molecule has 0 aromatic heterocycles.